The molecule has 6 nitrogen and oxygen atoms in total. The van der Waals surface area contributed by atoms with Crippen LogP contribution >= 0.6 is 11.3 Å². The monoisotopic (exact) mass is 333 g/mol. The third kappa shape index (κ3) is 3.13. The lowest BCUT2D eigenvalue weighted by molar-refractivity contribution is 0.0569. The molecule has 0 N–H and O–H groups in total. The van der Waals surface area contributed by atoms with Gasteiger partial charge in [-0.15, -0.1) is 11.3 Å². The molecule has 0 aromatic carbocycles. The molecular weight excluding hydrogens is 314 g/mol. The molecule has 118 valence electrons. The second-order valence-corrected chi connectivity index (χ2v) is 7.69. The van der Waals surface area contributed by atoms with Gasteiger partial charge in [0, 0.05) is 20.2 Å². The molecule has 0 spiro atoms. The fourth-order valence-corrected chi connectivity index (χ4v) is 5.60. The molecule has 1 fully saturated rings. The van der Waals surface area contributed by atoms with Gasteiger partial charge in [-0.05, 0) is 30.7 Å². The number of rotatable bonds is 4. The topological polar surface area (TPSA) is 72.9 Å². The van der Waals surface area contributed by atoms with Gasteiger partial charge in [0.1, 0.15) is 9.77 Å². The van der Waals surface area contributed by atoms with Crippen molar-refractivity contribution in [3.05, 3.63) is 15.8 Å². The highest BCUT2D eigenvalue weighted by Crippen LogP contribution is 2.31. The molecule has 1 unspecified atom stereocenters. The Hall–Kier alpha value is -0.960. The van der Waals surface area contributed by atoms with Crippen molar-refractivity contribution >= 4 is 27.3 Å². The SMILES string of the molecule is COC(=O)c1scc(C)c1S(=O)(=O)N1CCCC(OC)C1. The van der Waals surface area contributed by atoms with Gasteiger partial charge in [0.2, 0.25) is 10.0 Å². The first-order valence-corrected chi connectivity index (χ1v) is 8.93. The van der Waals surface area contributed by atoms with Crippen LogP contribution in [0.2, 0.25) is 0 Å². The fourth-order valence-electron chi connectivity index (χ4n) is 2.43. The first kappa shape index (κ1) is 16.4. The van der Waals surface area contributed by atoms with Gasteiger partial charge in [-0.3, -0.25) is 0 Å². The molecule has 0 aliphatic carbocycles. The van der Waals surface area contributed by atoms with Crippen molar-refractivity contribution in [3.63, 3.8) is 0 Å². The summed E-state index contributed by atoms with van der Waals surface area (Å²) in [5.74, 6) is -0.619. The number of piperidine rings is 1. The summed E-state index contributed by atoms with van der Waals surface area (Å²) in [6.45, 7) is 2.44. The van der Waals surface area contributed by atoms with Crippen LogP contribution in [0.5, 0.6) is 0 Å². The minimum atomic E-state index is -3.72. The van der Waals surface area contributed by atoms with Gasteiger partial charge in [0.25, 0.3) is 0 Å². The van der Waals surface area contributed by atoms with Crippen LogP contribution < -0.4 is 0 Å². The molecule has 8 heteroatoms. The maximum Gasteiger partial charge on any atom is 0.349 e. The predicted octanol–water partition coefficient (Wildman–Crippen LogP) is 1.64. The molecule has 1 aliphatic heterocycles. The first-order chi connectivity index (χ1) is 9.91. The van der Waals surface area contributed by atoms with Crippen LogP contribution in [-0.2, 0) is 19.5 Å². The van der Waals surface area contributed by atoms with Crippen LogP contribution in [0.1, 0.15) is 28.1 Å². The zero-order valence-corrected chi connectivity index (χ0v) is 13.9. The van der Waals surface area contributed by atoms with Gasteiger partial charge in [-0.25, -0.2) is 13.2 Å². The summed E-state index contributed by atoms with van der Waals surface area (Å²) in [6.07, 6.45) is 1.48. The van der Waals surface area contributed by atoms with Crippen molar-refractivity contribution in [2.75, 3.05) is 27.3 Å². The summed E-state index contributed by atoms with van der Waals surface area (Å²) in [5.41, 5.74) is 0.569. The smallest absolute Gasteiger partial charge is 0.349 e. The predicted molar refractivity (Wildman–Crippen MR) is 79.2 cm³/mol. The van der Waals surface area contributed by atoms with Crippen molar-refractivity contribution in [1.29, 1.82) is 0 Å². The van der Waals surface area contributed by atoms with E-state index in [9.17, 15) is 13.2 Å². The summed E-state index contributed by atoms with van der Waals surface area (Å²) in [4.78, 5) is 12.0. The number of ether oxygens (including phenoxy) is 2. The van der Waals surface area contributed by atoms with Gasteiger partial charge in [0.15, 0.2) is 0 Å². The van der Waals surface area contributed by atoms with Gasteiger partial charge in [-0.2, -0.15) is 4.31 Å². The van der Waals surface area contributed by atoms with E-state index in [0.717, 1.165) is 24.2 Å². The van der Waals surface area contributed by atoms with E-state index >= 15 is 0 Å². The molecule has 2 rings (SSSR count). The van der Waals surface area contributed by atoms with Crippen LogP contribution in [-0.4, -0.2) is 52.1 Å². The largest absolute Gasteiger partial charge is 0.465 e. The van der Waals surface area contributed by atoms with E-state index in [-0.39, 0.29) is 15.9 Å². The molecule has 0 radical (unpaired) electrons. The fraction of sp³-hybridized carbons (Fsp3) is 0.615. The van der Waals surface area contributed by atoms with Crippen LogP contribution in [0.4, 0.5) is 0 Å². The van der Waals surface area contributed by atoms with Crippen molar-refractivity contribution in [1.82, 2.24) is 4.31 Å². The number of hydrogen-bond acceptors (Lipinski definition) is 6. The molecule has 1 aromatic heterocycles. The Morgan fingerprint density at radius 1 is 1.43 bits per heavy atom. The van der Waals surface area contributed by atoms with Crippen LogP contribution in [0, 0.1) is 6.92 Å². The summed E-state index contributed by atoms with van der Waals surface area (Å²) < 4.78 is 37.0. The van der Waals surface area contributed by atoms with Gasteiger partial charge < -0.3 is 9.47 Å². The number of carbonyl (C=O) groups excluding carboxylic acids is 1. The lowest BCUT2D eigenvalue weighted by Gasteiger charge is -2.31. The van der Waals surface area contributed by atoms with Crippen LogP contribution in [0.25, 0.3) is 0 Å². The van der Waals surface area contributed by atoms with Crippen molar-refractivity contribution < 1.29 is 22.7 Å². The molecule has 2 heterocycles. The highest BCUT2D eigenvalue weighted by molar-refractivity contribution is 7.89. The standard InChI is InChI=1S/C13H19NO5S2/c1-9-8-20-11(13(15)19-3)12(9)21(16,17)14-6-4-5-10(7-14)18-2/h8,10H,4-7H2,1-3H3. The number of esters is 1. The number of thiophene rings is 1. The van der Waals surface area contributed by atoms with E-state index < -0.39 is 16.0 Å². The Kier molecular flexibility index (Phi) is 5.03. The van der Waals surface area contributed by atoms with Crippen molar-refractivity contribution in [2.45, 2.75) is 30.8 Å². The molecule has 1 atom stereocenters. The third-order valence-electron chi connectivity index (χ3n) is 3.56. The molecular formula is C13H19NO5S2. The van der Waals surface area contributed by atoms with E-state index in [1.165, 1.54) is 11.4 Å². The van der Waals surface area contributed by atoms with Gasteiger partial charge >= 0.3 is 5.97 Å². The molecule has 21 heavy (non-hydrogen) atoms. The first-order valence-electron chi connectivity index (χ1n) is 6.61. The number of aryl methyl sites for hydroxylation is 1. The Morgan fingerprint density at radius 2 is 2.14 bits per heavy atom. The summed E-state index contributed by atoms with van der Waals surface area (Å²) in [7, 11) is -0.890. The van der Waals surface area contributed by atoms with Crippen molar-refractivity contribution in [3.8, 4) is 0 Å². The Balaban J connectivity index is 2.40. The molecule has 1 aromatic rings. The van der Waals surface area contributed by atoms with Gasteiger partial charge in [-0.1, -0.05) is 0 Å². The van der Waals surface area contributed by atoms with E-state index in [2.05, 4.69) is 4.74 Å². The van der Waals surface area contributed by atoms with E-state index in [1.54, 1.807) is 19.4 Å². The molecule has 1 aliphatic rings. The number of sulfonamides is 1. The zero-order chi connectivity index (χ0) is 15.6. The average molecular weight is 333 g/mol. The Bertz CT molecular complexity index is 623. The van der Waals surface area contributed by atoms with Crippen LogP contribution in [0.3, 0.4) is 0 Å². The zero-order valence-electron chi connectivity index (χ0n) is 12.3. The normalized spacial score (nSPS) is 20.4. The minimum Gasteiger partial charge on any atom is -0.465 e. The second-order valence-electron chi connectivity index (χ2n) is 4.93. The number of hydrogen-bond donors (Lipinski definition) is 0. The highest BCUT2D eigenvalue weighted by atomic mass is 32.2. The molecule has 0 saturated carbocycles. The number of carbonyl (C=O) groups is 1. The van der Waals surface area contributed by atoms with Gasteiger partial charge in [0.05, 0.1) is 13.2 Å². The van der Waals surface area contributed by atoms with E-state index in [1.807, 2.05) is 0 Å². The lowest BCUT2D eigenvalue weighted by atomic mass is 10.1. The summed E-state index contributed by atoms with van der Waals surface area (Å²) in [5, 5.41) is 1.66. The minimum absolute atomic E-state index is 0.0658. The number of nitrogens with zero attached hydrogens (tertiary/aromatic N) is 1. The molecule has 1 saturated heterocycles. The third-order valence-corrected chi connectivity index (χ3v) is 6.82. The highest BCUT2D eigenvalue weighted by Gasteiger charge is 2.35. The molecule has 0 bridgehead atoms. The second kappa shape index (κ2) is 6.43. The van der Waals surface area contributed by atoms with Crippen molar-refractivity contribution in [2.24, 2.45) is 0 Å². The quantitative estimate of drug-likeness (QED) is 0.783. The average Bonchev–Trinajstić information content (AvgIpc) is 2.89. The number of methoxy groups -OCH3 is 2. The Morgan fingerprint density at radius 3 is 2.76 bits per heavy atom. The maximum atomic E-state index is 12.8. The molecule has 0 amide bonds. The van der Waals surface area contributed by atoms with E-state index in [0.29, 0.717) is 18.7 Å². The summed E-state index contributed by atoms with van der Waals surface area (Å²) in [6, 6.07) is 0. The summed E-state index contributed by atoms with van der Waals surface area (Å²) >= 11 is 1.09. The Labute approximate surface area is 128 Å². The van der Waals surface area contributed by atoms with E-state index in [4.69, 9.17) is 4.74 Å². The maximum absolute atomic E-state index is 12.8. The lowest BCUT2D eigenvalue weighted by Crippen LogP contribution is -2.43. The van der Waals surface area contributed by atoms with Crippen LogP contribution in [0.15, 0.2) is 10.3 Å².